The van der Waals surface area contributed by atoms with Crippen molar-refractivity contribution in [2.75, 3.05) is 44.2 Å². The van der Waals surface area contributed by atoms with E-state index in [0.29, 0.717) is 50.6 Å². The molecule has 0 saturated carbocycles. The molecule has 0 N–H and O–H groups in total. The minimum atomic E-state index is -3.50. The van der Waals surface area contributed by atoms with E-state index in [1.807, 2.05) is 18.7 Å². The molecule has 25 heavy (non-hydrogen) atoms. The summed E-state index contributed by atoms with van der Waals surface area (Å²) in [5.74, 6) is 0.621. The molecule has 3 rings (SSSR count). The standard InChI is InChI=1S/C16H23N5O3S/c1-13-11-21(12-14(2)24-13)25(22,23)20-8-6-19(7-9-20)16-15(10-17)4-3-5-18-16/h3-5,13-14H,6-9,11-12H2,1-2H3. The number of anilines is 1. The zero-order chi connectivity index (χ0) is 18.0. The van der Waals surface area contributed by atoms with Crippen molar-refractivity contribution < 1.29 is 13.2 Å². The number of rotatable bonds is 3. The fourth-order valence-electron chi connectivity index (χ4n) is 3.35. The molecule has 0 radical (unpaired) electrons. The third kappa shape index (κ3) is 3.77. The van der Waals surface area contributed by atoms with Gasteiger partial charge in [-0.25, -0.2) is 4.98 Å². The van der Waals surface area contributed by atoms with Gasteiger partial charge in [-0.15, -0.1) is 0 Å². The first kappa shape index (κ1) is 18.1. The summed E-state index contributed by atoms with van der Waals surface area (Å²) in [6.45, 7) is 6.33. The summed E-state index contributed by atoms with van der Waals surface area (Å²) < 4.78 is 34.5. The number of aromatic nitrogens is 1. The van der Waals surface area contributed by atoms with Crippen LogP contribution in [0.5, 0.6) is 0 Å². The van der Waals surface area contributed by atoms with Crippen molar-refractivity contribution in [1.82, 2.24) is 13.6 Å². The summed E-state index contributed by atoms with van der Waals surface area (Å²) in [4.78, 5) is 6.25. The monoisotopic (exact) mass is 365 g/mol. The van der Waals surface area contributed by atoms with E-state index in [2.05, 4.69) is 11.1 Å². The number of piperazine rings is 1. The molecule has 8 nitrogen and oxygen atoms in total. The molecule has 1 aromatic rings. The summed E-state index contributed by atoms with van der Waals surface area (Å²) in [7, 11) is -3.50. The normalized spacial score (nSPS) is 26.4. The predicted octanol–water partition coefficient (Wildman–Crippen LogP) is 0.429. The summed E-state index contributed by atoms with van der Waals surface area (Å²) in [5, 5.41) is 9.21. The van der Waals surface area contributed by atoms with E-state index in [-0.39, 0.29) is 12.2 Å². The maximum Gasteiger partial charge on any atom is 0.282 e. The molecule has 2 fully saturated rings. The Kier molecular flexibility index (Phi) is 5.24. The van der Waals surface area contributed by atoms with Gasteiger partial charge in [0.2, 0.25) is 0 Å². The van der Waals surface area contributed by atoms with Gasteiger partial charge in [-0.3, -0.25) is 0 Å². The molecule has 2 aliphatic heterocycles. The highest BCUT2D eigenvalue weighted by Gasteiger charge is 2.37. The minimum absolute atomic E-state index is 0.105. The zero-order valence-electron chi connectivity index (χ0n) is 14.5. The number of pyridine rings is 1. The van der Waals surface area contributed by atoms with Gasteiger partial charge in [0.15, 0.2) is 0 Å². The Morgan fingerprint density at radius 3 is 2.40 bits per heavy atom. The lowest BCUT2D eigenvalue weighted by atomic mass is 10.2. The van der Waals surface area contributed by atoms with Gasteiger partial charge in [-0.2, -0.15) is 22.3 Å². The lowest BCUT2D eigenvalue weighted by molar-refractivity contribution is -0.0455. The van der Waals surface area contributed by atoms with Crippen LogP contribution in [0.3, 0.4) is 0 Å². The maximum atomic E-state index is 12.9. The van der Waals surface area contributed by atoms with E-state index in [1.54, 1.807) is 18.3 Å². The van der Waals surface area contributed by atoms with Crippen LogP contribution in [0.4, 0.5) is 5.82 Å². The second-order valence-corrected chi connectivity index (χ2v) is 8.38. The topological polar surface area (TPSA) is 89.8 Å². The quantitative estimate of drug-likeness (QED) is 0.772. The smallest absolute Gasteiger partial charge is 0.282 e. The summed E-state index contributed by atoms with van der Waals surface area (Å²) >= 11 is 0. The lowest BCUT2D eigenvalue weighted by Gasteiger charge is -2.40. The first-order chi connectivity index (χ1) is 11.9. The van der Waals surface area contributed by atoms with Crippen molar-refractivity contribution in [2.45, 2.75) is 26.1 Å². The van der Waals surface area contributed by atoms with Gasteiger partial charge in [0.25, 0.3) is 10.2 Å². The molecule has 0 amide bonds. The predicted molar refractivity (Wildman–Crippen MR) is 93.2 cm³/mol. The third-order valence-corrected chi connectivity index (χ3v) is 6.45. The summed E-state index contributed by atoms with van der Waals surface area (Å²) in [6.07, 6.45) is 1.44. The fourth-order valence-corrected chi connectivity index (χ4v) is 5.10. The van der Waals surface area contributed by atoms with Crippen molar-refractivity contribution in [2.24, 2.45) is 0 Å². The molecule has 3 heterocycles. The van der Waals surface area contributed by atoms with Crippen LogP contribution in [0.1, 0.15) is 19.4 Å². The Morgan fingerprint density at radius 2 is 1.80 bits per heavy atom. The lowest BCUT2D eigenvalue weighted by Crippen LogP contribution is -2.57. The van der Waals surface area contributed by atoms with Crippen LogP contribution >= 0.6 is 0 Å². The highest BCUT2D eigenvalue weighted by molar-refractivity contribution is 7.86. The maximum absolute atomic E-state index is 12.9. The Morgan fingerprint density at radius 1 is 1.16 bits per heavy atom. The minimum Gasteiger partial charge on any atom is -0.373 e. The van der Waals surface area contributed by atoms with Crippen molar-refractivity contribution in [3.63, 3.8) is 0 Å². The SMILES string of the molecule is CC1CN(S(=O)(=O)N2CCN(c3ncccc3C#N)CC2)CC(C)O1. The highest BCUT2D eigenvalue weighted by atomic mass is 32.2. The first-order valence-corrected chi connectivity index (χ1v) is 9.82. The Bertz CT molecular complexity index is 745. The third-order valence-electron chi connectivity index (χ3n) is 4.48. The fraction of sp³-hybridized carbons (Fsp3) is 0.625. The van der Waals surface area contributed by atoms with Crippen molar-refractivity contribution >= 4 is 16.0 Å². The Balaban J connectivity index is 1.68. The summed E-state index contributed by atoms with van der Waals surface area (Å²) in [5.41, 5.74) is 0.509. The second kappa shape index (κ2) is 7.25. The van der Waals surface area contributed by atoms with E-state index in [0.717, 1.165) is 0 Å². The molecule has 9 heteroatoms. The van der Waals surface area contributed by atoms with Gasteiger partial charge in [-0.05, 0) is 26.0 Å². The zero-order valence-corrected chi connectivity index (χ0v) is 15.3. The van der Waals surface area contributed by atoms with Crippen LogP contribution in [-0.2, 0) is 14.9 Å². The highest BCUT2D eigenvalue weighted by Crippen LogP contribution is 2.22. The second-order valence-electron chi connectivity index (χ2n) is 6.45. The molecular weight excluding hydrogens is 342 g/mol. The molecule has 0 aliphatic carbocycles. The van der Waals surface area contributed by atoms with Gasteiger partial charge < -0.3 is 9.64 Å². The van der Waals surface area contributed by atoms with Gasteiger partial charge in [0.05, 0.1) is 17.8 Å². The van der Waals surface area contributed by atoms with Gasteiger partial charge in [0.1, 0.15) is 11.9 Å². The van der Waals surface area contributed by atoms with E-state index in [4.69, 9.17) is 4.74 Å². The summed E-state index contributed by atoms with van der Waals surface area (Å²) in [6, 6.07) is 5.59. The number of nitrogens with zero attached hydrogens (tertiary/aromatic N) is 5. The van der Waals surface area contributed by atoms with Crippen LogP contribution in [0.25, 0.3) is 0 Å². The number of morpholine rings is 1. The first-order valence-electron chi connectivity index (χ1n) is 8.42. The van der Waals surface area contributed by atoms with Crippen LogP contribution in [-0.4, -0.2) is 73.5 Å². The van der Waals surface area contributed by atoms with Crippen molar-refractivity contribution in [3.05, 3.63) is 23.9 Å². The number of hydrogen-bond acceptors (Lipinski definition) is 6. The molecule has 1 aromatic heterocycles. The molecule has 2 unspecified atom stereocenters. The number of nitriles is 1. The Hall–Kier alpha value is -1.73. The van der Waals surface area contributed by atoms with Crippen LogP contribution < -0.4 is 4.90 Å². The molecule has 2 aliphatic rings. The molecule has 0 aromatic carbocycles. The van der Waals surface area contributed by atoms with E-state index < -0.39 is 10.2 Å². The largest absolute Gasteiger partial charge is 0.373 e. The molecule has 136 valence electrons. The molecule has 2 saturated heterocycles. The molecule has 0 spiro atoms. The van der Waals surface area contributed by atoms with E-state index in [9.17, 15) is 13.7 Å². The average Bonchev–Trinajstić information content (AvgIpc) is 2.61. The van der Waals surface area contributed by atoms with Gasteiger partial charge in [0, 0.05) is 45.5 Å². The molecular formula is C16H23N5O3S. The Labute approximate surface area is 148 Å². The van der Waals surface area contributed by atoms with Crippen molar-refractivity contribution in [3.8, 4) is 6.07 Å². The van der Waals surface area contributed by atoms with Crippen LogP contribution in [0.2, 0.25) is 0 Å². The van der Waals surface area contributed by atoms with Crippen LogP contribution in [0, 0.1) is 11.3 Å². The van der Waals surface area contributed by atoms with Crippen LogP contribution in [0.15, 0.2) is 18.3 Å². The molecule has 0 bridgehead atoms. The average molecular weight is 365 g/mol. The van der Waals surface area contributed by atoms with E-state index in [1.165, 1.54) is 8.61 Å². The van der Waals surface area contributed by atoms with Gasteiger partial charge in [-0.1, -0.05) is 0 Å². The number of ether oxygens (including phenoxy) is 1. The number of hydrogen-bond donors (Lipinski definition) is 0. The van der Waals surface area contributed by atoms with E-state index >= 15 is 0 Å². The molecule has 2 atom stereocenters. The van der Waals surface area contributed by atoms with Gasteiger partial charge >= 0.3 is 0 Å². The van der Waals surface area contributed by atoms with Crippen molar-refractivity contribution in [1.29, 1.82) is 5.26 Å².